The molecule has 0 fully saturated rings. The second-order valence-corrected chi connectivity index (χ2v) is 6.23. The summed E-state index contributed by atoms with van der Waals surface area (Å²) in [5, 5.41) is 9.67. The number of hydrogen-bond donors (Lipinski definition) is 3. The fraction of sp³-hybridized carbons (Fsp3) is 0.158. The van der Waals surface area contributed by atoms with E-state index < -0.39 is 6.04 Å². The van der Waals surface area contributed by atoms with E-state index in [4.69, 9.17) is 16.3 Å². The Kier molecular flexibility index (Phi) is 6.23. The topological polar surface area (TPSA) is 104 Å². The standard InChI is InChI=1S/C19H18ClN5O3/c1-28-16-9-5-2-6-12(16)11-21-25-19-23-15(18(27)24-19)10-17(26)22-14-8-4-3-7-13(14)20/h2-9,11,15H,10H2,1H3,(H,22,26)(H2,23,24,25,27)/b21-11+. The van der Waals surface area contributed by atoms with Crippen LogP contribution >= 0.6 is 11.6 Å². The Morgan fingerprint density at radius 3 is 2.82 bits per heavy atom. The molecule has 1 heterocycles. The normalized spacial score (nSPS) is 15.9. The fourth-order valence-corrected chi connectivity index (χ4v) is 2.70. The predicted molar refractivity (Wildman–Crippen MR) is 108 cm³/mol. The minimum atomic E-state index is -0.841. The van der Waals surface area contributed by atoms with Crippen LogP contribution in [0.5, 0.6) is 5.75 Å². The molecular formula is C19H18ClN5O3. The van der Waals surface area contributed by atoms with Gasteiger partial charge in [0.1, 0.15) is 11.8 Å². The lowest BCUT2D eigenvalue weighted by Gasteiger charge is -2.08. The summed E-state index contributed by atoms with van der Waals surface area (Å²) in [6, 6.07) is 13.4. The van der Waals surface area contributed by atoms with Crippen LogP contribution < -0.4 is 20.8 Å². The molecule has 1 aliphatic rings. The summed E-state index contributed by atoms with van der Waals surface area (Å²) in [6.07, 6.45) is 1.43. The molecule has 1 unspecified atom stereocenters. The SMILES string of the molecule is COc1ccccc1/C=N/NC1=NC(CC(=O)Nc2ccccc2Cl)C(=O)N1. The number of amides is 2. The van der Waals surface area contributed by atoms with Crippen molar-refractivity contribution in [3.05, 3.63) is 59.1 Å². The first-order chi connectivity index (χ1) is 13.6. The van der Waals surface area contributed by atoms with Gasteiger partial charge in [0, 0.05) is 5.56 Å². The Morgan fingerprint density at radius 2 is 2.04 bits per heavy atom. The van der Waals surface area contributed by atoms with Gasteiger partial charge in [0.05, 0.1) is 30.5 Å². The molecule has 144 valence electrons. The van der Waals surface area contributed by atoms with Crippen LogP contribution in [0.2, 0.25) is 5.02 Å². The van der Waals surface area contributed by atoms with Crippen LogP contribution in [0.3, 0.4) is 0 Å². The van der Waals surface area contributed by atoms with E-state index in [-0.39, 0.29) is 24.2 Å². The van der Waals surface area contributed by atoms with Crippen molar-refractivity contribution in [3.63, 3.8) is 0 Å². The van der Waals surface area contributed by atoms with E-state index in [2.05, 4.69) is 26.2 Å². The molecule has 3 N–H and O–H groups in total. The number of nitrogens with zero attached hydrogens (tertiary/aromatic N) is 2. The van der Waals surface area contributed by atoms with Crippen LogP contribution in [0.15, 0.2) is 58.6 Å². The molecule has 28 heavy (non-hydrogen) atoms. The lowest BCUT2D eigenvalue weighted by Crippen LogP contribution is -2.35. The summed E-state index contributed by atoms with van der Waals surface area (Å²) in [4.78, 5) is 28.3. The van der Waals surface area contributed by atoms with Gasteiger partial charge in [-0.25, -0.2) is 10.4 Å². The summed E-state index contributed by atoms with van der Waals surface area (Å²) >= 11 is 6.01. The highest BCUT2D eigenvalue weighted by Crippen LogP contribution is 2.21. The first-order valence-corrected chi connectivity index (χ1v) is 8.80. The molecule has 0 aliphatic carbocycles. The number of methoxy groups -OCH3 is 1. The Balaban J connectivity index is 1.57. The number of halogens is 1. The number of hydrazone groups is 1. The molecule has 8 nitrogen and oxygen atoms in total. The molecule has 0 saturated heterocycles. The maximum atomic E-state index is 12.2. The largest absolute Gasteiger partial charge is 0.496 e. The zero-order chi connectivity index (χ0) is 19.9. The average Bonchev–Trinajstić information content (AvgIpc) is 3.03. The van der Waals surface area contributed by atoms with Crippen molar-refractivity contribution in [2.45, 2.75) is 12.5 Å². The van der Waals surface area contributed by atoms with E-state index in [1.807, 2.05) is 24.3 Å². The lowest BCUT2D eigenvalue weighted by molar-refractivity contribution is -0.123. The lowest BCUT2D eigenvalue weighted by atomic mass is 10.2. The number of rotatable bonds is 6. The number of aliphatic imine (C=N–C) groups is 1. The Hall–Kier alpha value is -3.39. The molecule has 9 heteroatoms. The van der Waals surface area contributed by atoms with Crippen LogP contribution in [0.4, 0.5) is 5.69 Å². The zero-order valence-corrected chi connectivity index (χ0v) is 15.7. The van der Waals surface area contributed by atoms with Gasteiger partial charge in [-0.15, -0.1) is 0 Å². The summed E-state index contributed by atoms with van der Waals surface area (Å²) < 4.78 is 5.23. The Bertz CT molecular complexity index is 945. The van der Waals surface area contributed by atoms with Gasteiger partial charge >= 0.3 is 0 Å². The van der Waals surface area contributed by atoms with Gasteiger partial charge in [-0.1, -0.05) is 35.9 Å². The van der Waals surface area contributed by atoms with Gasteiger partial charge in [0.2, 0.25) is 11.9 Å². The molecule has 0 radical (unpaired) electrons. The maximum absolute atomic E-state index is 12.2. The van der Waals surface area contributed by atoms with Crippen LogP contribution in [0, 0.1) is 0 Å². The second kappa shape index (κ2) is 9.01. The molecule has 2 amide bonds. The number of hydrogen-bond acceptors (Lipinski definition) is 6. The third kappa shape index (κ3) is 4.86. The van der Waals surface area contributed by atoms with E-state index in [0.717, 1.165) is 5.56 Å². The van der Waals surface area contributed by atoms with Crippen LogP contribution in [0.25, 0.3) is 0 Å². The molecule has 2 aromatic carbocycles. The average molecular weight is 400 g/mol. The van der Waals surface area contributed by atoms with Crippen molar-refractivity contribution in [3.8, 4) is 5.75 Å². The first kappa shape index (κ1) is 19.4. The highest BCUT2D eigenvalue weighted by molar-refractivity contribution is 6.33. The van der Waals surface area contributed by atoms with Gasteiger partial charge in [-0.2, -0.15) is 5.10 Å². The van der Waals surface area contributed by atoms with Crippen LogP contribution in [-0.2, 0) is 9.59 Å². The van der Waals surface area contributed by atoms with Gasteiger partial charge in [0.25, 0.3) is 5.91 Å². The van der Waals surface area contributed by atoms with Crippen molar-refractivity contribution < 1.29 is 14.3 Å². The highest BCUT2D eigenvalue weighted by Gasteiger charge is 2.28. The summed E-state index contributed by atoms with van der Waals surface area (Å²) in [5.41, 5.74) is 3.90. The summed E-state index contributed by atoms with van der Waals surface area (Å²) in [5.74, 6) is 0.0892. The third-order valence-electron chi connectivity index (χ3n) is 3.87. The quantitative estimate of drug-likeness (QED) is 0.511. The number of para-hydroxylation sites is 2. The molecule has 0 saturated carbocycles. The Labute approximate surface area is 166 Å². The van der Waals surface area contributed by atoms with Gasteiger partial charge in [-0.3, -0.25) is 14.9 Å². The minimum Gasteiger partial charge on any atom is -0.496 e. The van der Waals surface area contributed by atoms with Crippen LogP contribution in [-0.4, -0.2) is 37.1 Å². The third-order valence-corrected chi connectivity index (χ3v) is 4.20. The van der Waals surface area contributed by atoms with E-state index in [1.165, 1.54) is 0 Å². The molecule has 1 aliphatic heterocycles. The number of guanidine groups is 1. The van der Waals surface area contributed by atoms with Crippen molar-refractivity contribution in [2.24, 2.45) is 10.1 Å². The molecule has 1 atom stereocenters. The smallest absolute Gasteiger partial charge is 0.252 e. The first-order valence-electron chi connectivity index (χ1n) is 8.42. The monoisotopic (exact) mass is 399 g/mol. The van der Waals surface area contributed by atoms with E-state index in [9.17, 15) is 9.59 Å². The molecule has 2 aromatic rings. The zero-order valence-electron chi connectivity index (χ0n) is 15.0. The van der Waals surface area contributed by atoms with Crippen LogP contribution in [0.1, 0.15) is 12.0 Å². The number of nitrogens with one attached hydrogen (secondary N) is 3. The van der Waals surface area contributed by atoms with Crippen molar-refractivity contribution in [1.82, 2.24) is 10.7 Å². The van der Waals surface area contributed by atoms with Gasteiger partial charge < -0.3 is 10.1 Å². The van der Waals surface area contributed by atoms with Crippen molar-refractivity contribution >= 4 is 41.3 Å². The number of carbonyl (C=O) groups excluding carboxylic acids is 2. The summed E-state index contributed by atoms with van der Waals surface area (Å²) in [6.45, 7) is 0. The minimum absolute atomic E-state index is 0.113. The number of carbonyl (C=O) groups is 2. The van der Waals surface area contributed by atoms with Crippen molar-refractivity contribution in [2.75, 3.05) is 12.4 Å². The van der Waals surface area contributed by atoms with E-state index in [0.29, 0.717) is 16.5 Å². The second-order valence-electron chi connectivity index (χ2n) is 5.83. The maximum Gasteiger partial charge on any atom is 0.252 e. The fourth-order valence-electron chi connectivity index (χ4n) is 2.52. The predicted octanol–water partition coefficient (Wildman–Crippen LogP) is 2.16. The van der Waals surface area contributed by atoms with Crippen molar-refractivity contribution in [1.29, 1.82) is 0 Å². The molecular weight excluding hydrogens is 382 g/mol. The summed E-state index contributed by atoms with van der Waals surface area (Å²) in [7, 11) is 1.57. The van der Waals surface area contributed by atoms with Gasteiger partial charge in [-0.05, 0) is 24.3 Å². The highest BCUT2D eigenvalue weighted by atomic mass is 35.5. The number of benzene rings is 2. The molecule has 0 aromatic heterocycles. The number of anilines is 1. The van der Waals surface area contributed by atoms with Gasteiger partial charge in [0.15, 0.2) is 0 Å². The molecule has 0 spiro atoms. The number of ether oxygens (including phenoxy) is 1. The Morgan fingerprint density at radius 1 is 1.29 bits per heavy atom. The molecule has 0 bridgehead atoms. The van der Waals surface area contributed by atoms with E-state index in [1.54, 1.807) is 37.6 Å². The van der Waals surface area contributed by atoms with E-state index >= 15 is 0 Å². The molecule has 3 rings (SSSR count).